The zero-order valence-corrected chi connectivity index (χ0v) is 17.3. The van der Waals surface area contributed by atoms with E-state index in [1.807, 2.05) is 61.5 Å². The van der Waals surface area contributed by atoms with Crippen molar-refractivity contribution < 1.29 is 9.13 Å². The fraction of sp³-hybridized carbons (Fsp3) is 0.120. The lowest BCUT2D eigenvalue weighted by Crippen LogP contribution is -2.19. The molecule has 0 amide bonds. The van der Waals surface area contributed by atoms with Crippen molar-refractivity contribution in [2.75, 3.05) is 7.11 Å². The highest BCUT2D eigenvalue weighted by Gasteiger charge is 2.19. The van der Waals surface area contributed by atoms with E-state index in [2.05, 4.69) is 10.1 Å². The number of nitrogens with zero attached hydrogens (tertiary/aromatic N) is 2. The number of ether oxygens (including phenoxy) is 1. The number of aromatic nitrogens is 2. The summed E-state index contributed by atoms with van der Waals surface area (Å²) in [5.41, 5.74) is 3.84. The third kappa shape index (κ3) is 4.19. The molecule has 0 aliphatic heterocycles. The van der Waals surface area contributed by atoms with E-state index < -0.39 is 0 Å². The van der Waals surface area contributed by atoms with Gasteiger partial charge in [0.15, 0.2) is 0 Å². The molecular weight excluding hydrogens is 393 g/mol. The van der Waals surface area contributed by atoms with Gasteiger partial charge in [-0.15, -0.1) is 0 Å². The normalized spacial score (nSPS) is 11.5. The average Bonchev–Trinajstić information content (AvgIpc) is 3.16. The lowest BCUT2D eigenvalue weighted by molar-refractivity contribution is 0.410. The molecule has 1 N–H and O–H groups in total. The van der Waals surface area contributed by atoms with Gasteiger partial charge in [-0.2, -0.15) is 0 Å². The molecule has 31 heavy (non-hydrogen) atoms. The molecule has 0 aliphatic carbocycles. The van der Waals surface area contributed by atoms with Crippen molar-refractivity contribution in [1.82, 2.24) is 9.78 Å². The molecule has 0 atom stereocenters. The number of nitrogens with one attached hydrogen (secondary N) is 1. The predicted molar refractivity (Wildman–Crippen MR) is 121 cm³/mol. The van der Waals surface area contributed by atoms with Gasteiger partial charge in [-0.25, -0.2) is 9.07 Å². The van der Waals surface area contributed by atoms with Crippen LogP contribution >= 0.6 is 0 Å². The van der Waals surface area contributed by atoms with Crippen molar-refractivity contribution in [1.29, 1.82) is 0 Å². The van der Waals surface area contributed by atoms with Gasteiger partial charge in [-0.3, -0.25) is 14.9 Å². The Kier molecular flexibility index (Phi) is 5.80. The lowest BCUT2D eigenvalue weighted by Gasteiger charge is -2.06. The summed E-state index contributed by atoms with van der Waals surface area (Å²) in [6.07, 6.45) is 0. The highest BCUT2D eigenvalue weighted by atomic mass is 19.1. The second-order valence-electron chi connectivity index (χ2n) is 7.06. The van der Waals surface area contributed by atoms with Gasteiger partial charge >= 0.3 is 0 Å². The molecule has 0 aliphatic rings. The first kappa shape index (κ1) is 20.3. The fourth-order valence-corrected chi connectivity index (χ4v) is 3.47. The van der Waals surface area contributed by atoms with Crippen LogP contribution in [0.25, 0.3) is 16.9 Å². The van der Waals surface area contributed by atoms with E-state index >= 15 is 0 Å². The van der Waals surface area contributed by atoms with E-state index in [0.29, 0.717) is 29.2 Å². The highest BCUT2D eigenvalue weighted by molar-refractivity contribution is 6.03. The van der Waals surface area contributed by atoms with Gasteiger partial charge in [0.05, 0.1) is 30.6 Å². The number of methoxy groups -OCH3 is 1. The average molecular weight is 415 g/mol. The molecule has 1 heterocycles. The third-order valence-electron chi connectivity index (χ3n) is 5.08. The summed E-state index contributed by atoms with van der Waals surface area (Å²) in [5.74, 6) is 0.390. The van der Waals surface area contributed by atoms with Crippen LogP contribution < -0.4 is 10.3 Å². The quantitative estimate of drug-likeness (QED) is 0.451. The number of aromatic amines is 1. The Bertz CT molecular complexity index is 1270. The molecule has 5 nitrogen and oxygen atoms in total. The molecule has 0 unspecified atom stereocenters. The van der Waals surface area contributed by atoms with Gasteiger partial charge in [-0.05, 0) is 37.3 Å². The molecule has 0 fully saturated rings. The minimum absolute atomic E-state index is 0.244. The molecule has 0 saturated heterocycles. The molecule has 4 rings (SSSR count). The van der Waals surface area contributed by atoms with E-state index in [1.165, 1.54) is 16.8 Å². The SMILES string of the molecule is COc1ccccc1CN=C(C)c1c(-c2ccccc2)[nH]n(-c2ccc(F)cc2)c1=O. The smallest absolute Gasteiger partial charge is 0.280 e. The molecule has 4 aromatic rings. The highest BCUT2D eigenvalue weighted by Crippen LogP contribution is 2.23. The van der Waals surface area contributed by atoms with E-state index in [-0.39, 0.29) is 11.4 Å². The summed E-state index contributed by atoms with van der Waals surface area (Å²) < 4.78 is 20.2. The number of hydrogen-bond acceptors (Lipinski definition) is 3. The van der Waals surface area contributed by atoms with Crippen LogP contribution in [0.3, 0.4) is 0 Å². The van der Waals surface area contributed by atoms with Gasteiger partial charge in [-0.1, -0.05) is 48.5 Å². The molecule has 156 valence electrons. The number of benzene rings is 3. The number of H-pyrrole nitrogens is 1. The number of hydrogen-bond donors (Lipinski definition) is 1. The molecule has 0 bridgehead atoms. The predicted octanol–water partition coefficient (Wildman–Crippen LogP) is 4.99. The van der Waals surface area contributed by atoms with Gasteiger partial charge in [0, 0.05) is 16.8 Å². The minimum atomic E-state index is -0.360. The number of para-hydroxylation sites is 1. The Morgan fingerprint density at radius 2 is 1.68 bits per heavy atom. The van der Waals surface area contributed by atoms with Crippen molar-refractivity contribution in [3.8, 4) is 22.7 Å². The third-order valence-corrected chi connectivity index (χ3v) is 5.08. The summed E-state index contributed by atoms with van der Waals surface area (Å²) >= 11 is 0. The number of halogens is 1. The van der Waals surface area contributed by atoms with Crippen LogP contribution in [0.2, 0.25) is 0 Å². The van der Waals surface area contributed by atoms with Crippen LogP contribution in [-0.2, 0) is 6.54 Å². The Morgan fingerprint density at radius 3 is 2.39 bits per heavy atom. The summed E-state index contributed by atoms with van der Waals surface area (Å²) in [7, 11) is 1.62. The van der Waals surface area contributed by atoms with Crippen LogP contribution in [-0.4, -0.2) is 22.6 Å². The molecule has 0 saturated carbocycles. The fourth-order valence-electron chi connectivity index (χ4n) is 3.47. The second kappa shape index (κ2) is 8.83. The van der Waals surface area contributed by atoms with Crippen molar-refractivity contribution in [3.63, 3.8) is 0 Å². The van der Waals surface area contributed by atoms with Gasteiger partial charge in [0.2, 0.25) is 0 Å². The molecule has 0 radical (unpaired) electrons. The van der Waals surface area contributed by atoms with Crippen LogP contribution in [0, 0.1) is 5.82 Å². The van der Waals surface area contributed by atoms with E-state index in [1.54, 1.807) is 19.2 Å². The summed E-state index contributed by atoms with van der Waals surface area (Å²) in [4.78, 5) is 18.0. The van der Waals surface area contributed by atoms with E-state index in [4.69, 9.17) is 4.74 Å². The molecule has 3 aromatic carbocycles. The Labute approximate surface area is 179 Å². The summed E-state index contributed by atoms with van der Waals surface area (Å²) in [6.45, 7) is 2.20. The van der Waals surface area contributed by atoms with Crippen molar-refractivity contribution in [2.24, 2.45) is 4.99 Å². The zero-order valence-electron chi connectivity index (χ0n) is 17.3. The standard InChI is InChI=1S/C25H22FN3O2/c1-17(27-16-19-10-6-7-11-22(19)31-2)23-24(18-8-4-3-5-9-18)28-29(25(23)30)21-14-12-20(26)13-15-21/h3-15,28H,16H2,1-2H3. The number of rotatable bonds is 6. The minimum Gasteiger partial charge on any atom is -0.496 e. The van der Waals surface area contributed by atoms with Crippen LogP contribution in [0.1, 0.15) is 18.1 Å². The summed E-state index contributed by atoms with van der Waals surface area (Å²) in [5, 5.41) is 3.18. The number of aliphatic imine (C=N–C) groups is 1. The zero-order chi connectivity index (χ0) is 21.8. The Balaban J connectivity index is 1.81. The largest absolute Gasteiger partial charge is 0.496 e. The van der Waals surface area contributed by atoms with Crippen molar-refractivity contribution in [2.45, 2.75) is 13.5 Å². The first-order valence-corrected chi connectivity index (χ1v) is 9.88. The van der Waals surface area contributed by atoms with Gasteiger partial charge in [0.25, 0.3) is 5.56 Å². The first-order chi connectivity index (χ1) is 15.1. The van der Waals surface area contributed by atoms with Crippen LogP contribution in [0.4, 0.5) is 4.39 Å². The maximum absolute atomic E-state index is 13.4. The Morgan fingerprint density at radius 1 is 1.00 bits per heavy atom. The molecule has 0 spiro atoms. The Hall–Kier alpha value is -3.93. The van der Waals surface area contributed by atoms with Crippen LogP contribution in [0.5, 0.6) is 5.75 Å². The van der Waals surface area contributed by atoms with E-state index in [9.17, 15) is 9.18 Å². The summed E-state index contributed by atoms with van der Waals surface area (Å²) in [6, 6.07) is 23.0. The van der Waals surface area contributed by atoms with E-state index in [0.717, 1.165) is 16.9 Å². The second-order valence-corrected chi connectivity index (χ2v) is 7.06. The monoisotopic (exact) mass is 415 g/mol. The molecule has 1 aromatic heterocycles. The first-order valence-electron chi connectivity index (χ1n) is 9.88. The van der Waals surface area contributed by atoms with Crippen LogP contribution in [0.15, 0.2) is 88.6 Å². The maximum Gasteiger partial charge on any atom is 0.280 e. The van der Waals surface area contributed by atoms with Gasteiger partial charge < -0.3 is 4.74 Å². The van der Waals surface area contributed by atoms with Crippen molar-refractivity contribution in [3.05, 3.63) is 106 Å². The van der Waals surface area contributed by atoms with Gasteiger partial charge in [0.1, 0.15) is 11.6 Å². The molecular formula is C25H22FN3O2. The van der Waals surface area contributed by atoms with Crippen molar-refractivity contribution >= 4 is 5.71 Å². The maximum atomic E-state index is 13.4. The topological polar surface area (TPSA) is 59.4 Å². The lowest BCUT2D eigenvalue weighted by atomic mass is 10.1. The molecule has 6 heteroatoms.